The molecule has 0 amide bonds. The molecule has 0 saturated heterocycles. The first-order valence-corrected chi connectivity index (χ1v) is 7.32. The van der Waals surface area contributed by atoms with Gasteiger partial charge < -0.3 is 5.32 Å². The number of hydrogen-bond donors (Lipinski definition) is 1. The first-order valence-electron chi connectivity index (χ1n) is 5.96. The van der Waals surface area contributed by atoms with Crippen LogP contribution in [0.4, 0.5) is 5.69 Å². The van der Waals surface area contributed by atoms with Gasteiger partial charge in [0.05, 0.1) is 16.6 Å². The van der Waals surface area contributed by atoms with E-state index in [1.807, 2.05) is 23.9 Å². The van der Waals surface area contributed by atoms with Gasteiger partial charge in [0.2, 0.25) is 0 Å². The molecule has 2 nitrogen and oxygen atoms in total. The Bertz CT molecular complexity index is 663. The minimum absolute atomic E-state index is 0.296. The Kier molecular flexibility index (Phi) is 3.37. The summed E-state index contributed by atoms with van der Waals surface area (Å²) in [5.41, 5.74) is 2.78. The van der Waals surface area contributed by atoms with Crippen LogP contribution in [-0.2, 0) is 0 Å². The highest BCUT2D eigenvalue weighted by Gasteiger charge is 2.22. The van der Waals surface area contributed by atoms with Gasteiger partial charge in [-0.25, -0.2) is 0 Å². The Balaban J connectivity index is 1.84. The van der Waals surface area contributed by atoms with Gasteiger partial charge in [-0.3, -0.25) is 0 Å². The van der Waals surface area contributed by atoms with Crippen LogP contribution in [0.5, 0.6) is 0 Å². The van der Waals surface area contributed by atoms with Gasteiger partial charge in [-0.05, 0) is 29.8 Å². The molecule has 1 heterocycles. The molecular weight excluding hydrogens is 276 g/mol. The van der Waals surface area contributed by atoms with Gasteiger partial charge >= 0.3 is 0 Å². The standard InChI is InChI=1S/C15H11ClN2S/c16-13-7-11(6-5-10(13)8-17)18-14-9-19-15-4-2-1-3-12(14)15/h1-7,14,18H,9H2. The molecule has 2 aromatic rings. The topological polar surface area (TPSA) is 35.8 Å². The van der Waals surface area contributed by atoms with Crippen molar-refractivity contribution in [2.75, 3.05) is 11.1 Å². The molecule has 94 valence electrons. The zero-order chi connectivity index (χ0) is 13.2. The number of nitrogens with one attached hydrogen (secondary N) is 1. The third-order valence-electron chi connectivity index (χ3n) is 3.13. The summed E-state index contributed by atoms with van der Waals surface area (Å²) >= 11 is 7.91. The smallest absolute Gasteiger partial charge is 0.101 e. The lowest BCUT2D eigenvalue weighted by atomic mass is 10.1. The Morgan fingerprint density at radius 2 is 2.11 bits per heavy atom. The monoisotopic (exact) mass is 286 g/mol. The molecule has 3 rings (SSSR count). The SMILES string of the molecule is N#Cc1ccc(NC2CSc3ccccc32)cc1Cl. The minimum Gasteiger partial charge on any atom is -0.377 e. The van der Waals surface area contributed by atoms with Crippen molar-refractivity contribution in [3.8, 4) is 6.07 Å². The van der Waals surface area contributed by atoms with Crippen LogP contribution in [0, 0.1) is 11.3 Å². The molecule has 0 aromatic heterocycles. The fraction of sp³-hybridized carbons (Fsp3) is 0.133. The molecule has 19 heavy (non-hydrogen) atoms. The van der Waals surface area contributed by atoms with Crippen molar-refractivity contribution in [1.82, 2.24) is 0 Å². The van der Waals surface area contributed by atoms with E-state index in [1.54, 1.807) is 6.07 Å². The van der Waals surface area contributed by atoms with Crippen molar-refractivity contribution < 1.29 is 0 Å². The fourth-order valence-corrected chi connectivity index (χ4v) is 3.56. The molecule has 0 spiro atoms. The van der Waals surface area contributed by atoms with Gasteiger partial charge in [-0.2, -0.15) is 5.26 Å². The highest BCUT2D eigenvalue weighted by atomic mass is 35.5. The number of fused-ring (bicyclic) bond motifs is 1. The number of anilines is 1. The first kappa shape index (κ1) is 12.4. The Labute approximate surface area is 121 Å². The third kappa shape index (κ3) is 2.42. The number of nitrogens with zero attached hydrogens (tertiary/aromatic N) is 1. The summed E-state index contributed by atoms with van der Waals surface area (Å²) in [6.07, 6.45) is 0. The molecule has 4 heteroatoms. The molecule has 1 N–H and O–H groups in total. The predicted octanol–water partition coefficient (Wildman–Crippen LogP) is 4.47. The average Bonchev–Trinajstić information content (AvgIpc) is 2.83. The normalized spacial score (nSPS) is 16.7. The third-order valence-corrected chi connectivity index (χ3v) is 4.63. The van der Waals surface area contributed by atoms with E-state index in [0.717, 1.165) is 11.4 Å². The van der Waals surface area contributed by atoms with Crippen molar-refractivity contribution in [2.24, 2.45) is 0 Å². The Morgan fingerprint density at radius 1 is 1.26 bits per heavy atom. The van der Waals surface area contributed by atoms with Crippen molar-refractivity contribution in [1.29, 1.82) is 5.26 Å². The van der Waals surface area contributed by atoms with Crippen LogP contribution in [-0.4, -0.2) is 5.75 Å². The van der Waals surface area contributed by atoms with Gasteiger partial charge in [0.1, 0.15) is 6.07 Å². The number of halogens is 1. The summed E-state index contributed by atoms with van der Waals surface area (Å²) in [5, 5.41) is 12.8. The predicted molar refractivity (Wildman–Crippen MR) is 79.7 cm³/mol. The van der Waals surface area contributed by atoms with E-state index in [0.29, 0.717) is 16.6 Å². The van der Waals surface area contributed by atoms with Crippen LogP contribution in [0.1, 0.15) is 17.2 Å². The number of nitriles is 1. The summed E-state index contributed by atoms with van der Waals surface area (Å²) in [6.45, 7) is 0. The maximum Gasteiger partial charge on any atom is 0.101 e. The number of thioether (sulfide) groups is 1. The van der Waals surface area contributed by atoms with Crippen LogP contribution < -0.4 is 5.32 Å². The van der Waals surface area contributed by atoms with Crippen LogP contribution in [0.2, 0.25) is 5.02 Å². The molecule has 0 saturated carbocycles. The van der Waals surface area contributed by atoms with Gasteiger partial charge in [-0.15, -0.1) is 11.8 Å². The quantitative estimate of drug-likeness (QED) is 0.885. The molecule has 0 radical (unpaired) electrons. The van der Waals surface area contributed by atoms with E-state index in [1.165, 1.54) is 10.5 Å². The minimum atomic E-state index is 0.296. The van der Waals surface area contributed by atoms with Crippen LogP contribution in [0.15, 0.2) is 47.4 Å². The Morgan fingerprint density at radius 3 is 2.89 bits per heavy atom. The molecule has 2 aromatic carbocycles. The van der Waals surface area contributed by atoms with Gasteiger partial charge in [-0.1, -0.05) is 29.8 Å². The lowest BCUT2D eigenvalue weighted by molar-refractivity contribution is 0.900. The fourth-order valence-electron chi connectivity index (χ4n) is 2.18. The number of benzene rings is 2. The average molecular weight is 287 g/mol. The van der Waals surface area contributed by atoms with Crippen molar-refractivity contribution in [2.45, 2.75) is 10.9 Å². The first-order chi connectivity index (χ1) is 9.28. The molecule has 1 aliphatic heterocycles. The zero-order valence-electron chi connectivity index (χ0n) is 10.1. The highest BCUT2D eigenvalue weighted by Crippen LogP contribution is 2.39. The highest BCUT2D eigenvalue weighted by molar-refractivity contribution is 7.99. The lowest BCUT2D eigenvalue weighted by Crippen LogP contribution is -2.09. The molecule has 0 bridgehead atoms. The molecule has 1 atom stereocenters. The largest absolute Gasteiger partial charge is 0.377 e. The van der Waals surface area contributed by atoms with Crippen LogP contribution >= 0.6 is 23.4 Å². The van der Waals surface area contributed by atoms with E-state index in [-0.39, 0.29) is 0 Å². The van der Waals surface area contributed by atoms with Crippen molar-refractivity contribution in [3.63, 3.8) is 0 Å². The summed E-state index contributed by atoms with van der Waals surface area (Å²) in [5.74, 6) is 1.01. The molecule has 1 aliphatic rings. The maximum absolute atomic E-state index is 8.87. The summed E-state index contributed by atoms with van der Waals surface area (Å²) < 4.78 is 0. The van der Waals surface area contributed by atoms with E-state index in [4.69, 9.17) is 16.9 Å². The molecule has 1 unspecified atom stereocenters. The van der Waals surface area contributed by atoms with Gasteiger partial charge in [0.15, 0.2) is 0 Å². The van der Waals surface area contributed by atoms with Crippen molar-refractivity contribution in [3.05, 3.63) is 58.6 Å². The maximum atomic E-state index is 8.87. The summed E-state index contributed by atoms with van der Waals surface area (Å²) in [7, 11) is 0. The summed E-state index contributed by atoms with van der Waals surface area (Å²) in [4.78, 5) is 1.33. The van der Waals surface area contributed by atoms with Crippen molar-refractivity contribution >= 4 is 29.1 Å². The molecule has 0 aliphatic carbocycles. The molecule has 0 fully saturated rings. The van der Waals surface area contributed by atoms with Gasteiger partial charge in [0, 0.05) is 16.3 Å². The lowest BCUT2D eigenvalue weighted by Gasteiger charge is -2.15. The molecular formula is C15H11ClN2S. The number of hydrogen-bond acceptors (Lipinski definition) is 3. The van der Waals surface area contributed by atoms with Gasteiger partial charge in [0.25, 0.3) is 0 Å². The number of rotatable bonds is 2. The Hall–Kier alpha value is -1.63. The zero-order valence-corrected chi connectivity index (χ0v) is 11.6. The van der Waals surface area contributed by atoms with E-state index >= 15 is 0 Å². The summed E-state index contributed by atoms with van der Waals surface area (Å²) in [6, 6.07) is 16.2. The van der Waals surface area contributed by atoms with E-state index in [9.17, 15) is 0 Å². The second-order valence-corrected chi connectivity index (χ2v) is 5.82. The second kappa shape index (κ2) is 5.16. The van der Waals surface area contributed by atoms with E-state index in [2.05, 4.69) is 35.7 Å². The second-order valence-electron chi connectivity index (χ2n) is 4.35. The van der Waals surface area contributed by atoms with Crippen LogP contribution in [0.25, 0.3) is 0 Å². The van der Waals surface area contributed by atoms with Crippen LogP contribution in [0.3, 0.4) is 0 Å². The van der Waals surface area contributed by atoms with E-state index < -0.39 is 0 Å².